The zero-order valence-electron chi connectivity index (χ0n) is 8.05. The van der Waals surface area contributed by atoms with Crippen LogP contribution in [-0.2, 0) is 19.1 Å². The van der Waals surface area contributed by atoms with Crippen molar-refractivity contribution in [3.8, 4) is 0 Å². The molecule has 0 N–H and O–H groups in total. The third-order valence-electron chi connectivity index (χ3n) is 2.58. The van der Waals surface area contributed by atoms with E-state index in [1.807, 2.05) is 0 Å². The second-order valence-electron chi connectivity index (χ2n) is 3.24. The van der Waals surface area contributed by atoms with Gasteiger partial charge in [0.05, 0.1) is 12.4 Å². The molecule has 4 nitrogen and oxygen atoms in total. The molecular weight excluding hydrogens is 252 g/mol. The van der Waals surface area contributed by atoms with Crippen molar-refractivity contribution in [3.05, 3.63) is 0 Å². The smallest absolute Gasteiger partial charge is 0.319 e. The molecule has 14 heavy (non-hydrogen) atoms. The van der Waals surface area contributed by atoms with Crippen LogP contribution in [0.5, 0.6) is 0 Å². The Bertz CT molecular complexity index is 215. The van der Waals surface area contributed by atoms with Crippen molar-refractivity contribution in [2.24, 2.45) is 5.41 Å². The number of halogens is 1. The molecule has 0 aromatic rings. The lowest BCUT2D eigenvalue weighted by Crippen LogP contribution is -2.45. The zero-order chi connectivity index (χ0) is 10.6. The normalized spacial score (nSPS) is 20.1. The lowest BCUT2D eigenvalue weighted by molar-refractivity contribution is -0.163. The number of carbonyl (C=O) groups excluding carboxylic acids is 2. The Morgan fingerprint density at radius 2 is 2.00 bits per heavy atom. The monoisotopic (exact) mass is 264 g/mol. The second-order valence-corrected chi connectivity index (χ2v) is 3.80. The summed E-state index contributed by atoms with van der Waals surface area (Å²) >= 11 is 3.08. The summed E-state index contributed by atoms with van der Waals surface area (Å²) in [5, 5.41) is 0.183. The first kappa shape index (κ1) is 11.7. The van der Waals surface area contributed by atoms with Crippen molar-refractivity contribution in [2.45, 2.75) is 12.8 Å². The highest BCUT2D eigenvalue weighted by molar-refractivity contribution is 9.09. The minimum absolute atomic E-state index is 0.118. The molecule has 1 rings (SSSR count). The third kappa shape index (κ3) is 1.98. The number of rotatable bonds is 3. The van der Waals surface area contributed by atoms with Gasteiger partial charge in [-0.15, -0.1) is 0 Å². The fourth-order valence-electron chi connectivity index (χ4n) is 1.64. The largest absolute Gasteiger partial charge is 0.468 e. The molecule has 1 saturated heterocycles. The number of hydrogen-bond acceptors (Lipinski definition) is 4. The Labute approximate surface area is 91.1 Å². The average Bonchev–Trinajstić information content (AvgIpc) is 2.27. The van der Waals surface area contributed by atoms with Gasteiger partial charge in [0, 0.05) is 13.2 Å². The van der Waals surface area contributed by atoms with E-state index in [0.29, 0.717) is 26.1 Å². The first-order valence-electron chi connectivity index (χ1n) is 4.43. The Kier molecular flexibility index (Phi) is 4.07. The van der Waals surface area contributed by atoms with Crippen molar-refractivity contribution in [1.29, 1.82) is 0 Å². The van der Waals surface area contributed by atoms with E-state index in [9.17, 15) is 9.59 Å². The van der Waals surface area contributed by atoms with Gasteiger partial charge in [0.15, 0.2) is 5.78 Å². The highest BCUT2D eigenvalue weighted by Gasteiger charge is 2.46. The predicted octanol–water partition coefficient (Wildman–Crippen LogP) is 0.920. The molecule has 1 aliphatic rings. The van der Waals surface area contributed by atoms with Gasteiger partial charge in [-0.2, -0.15) is 0 Å². The minimum Gasteiger partial charge on any atom is -0.468 e. The van der Waals surface area contributed by atoms with Crippen LogP contribution in [0.25, 0.3) is 0 Å². The topological polar surface area (TPSA) is 52.6 Å². The lowest BCUT2D eigenvalue weighted by atomic mass is 9.77. The van der Waals surface area contributed by atoms with Crippen LogP contribution in [0.2, 0.25) is 0 Å². The first-order valence-corrected chi connectivity index (χ1v) is 5.55. The molecule has 0 bridgehead atoms. The van der Waals surface area contributed by atoms with Gasteiger partial charge in [0.1, 0.15) is 5.41 Å². The van der Waals surface area contributed by atoms with E-state index in [0.717, 1.165) is 0 Å². The van der Waals surface area contributed by atoms with Crippen molar-refractivity contribution in [3.63, 3.8) is 0 Å². The van der Waals surface area contributed by atoms with Gasteiger partial charge in [-0.05, 0) is 12.8 Å². The van der Waals surface area contributed by atoms with Crippen LogP contribution in [0.4, 0.5) is 0 Å². The number of ketones is 1. The SMILES string of the molecule is COC(=O)C1(C(=O)CBr)CCOCC1. The van der Waals surface area contributed by atoms with Crippen molar-refractivity contribution in [1.82, 2.24) is 0 Å². The van der Waals surface area contributed by atoms with Gasteiger partial charge in [-0.3, -0.25) is 9.59 Å². The minimum atomic E-state index is -0.976. The molecule has 0 aliphatic carbocycles. The van der Waals surface area contributed by atoms with Crippen LogP contribution < -0.4 is 0 Å². The number of methoxy groups -OCH3 is 1. The maximum Gasteiger partial charge on any atom is 0.319 e. The maximum absolute atomic E-state index is 11.7. The summed E-state index contributed by atoms with van der Waals surface area (Å²) in [5.74, 6) is -0.557. The van der Waals surface area contributed by atoms with E-state index < -0.39 is 11.4 Å². The van der Waals surface area contributed by atoms with E-state index in [1.165, 1.54) is 7.11 Å². The van der Waals surface area contributed by atoms with Crippen LogP contribution in [0, 0.1) is 5.41 Å². The predicted molar refractivity (Wildman–Crippen MR) is 53.3 cm³/mol. The second kappa shape index (κ2) is 4.89. The van der Waals surface area contributed by atoms with E-state index in [2.05, 4.69) is 20.7 Å². The van der Waals surface area contributed by atoms with E-state index in [-0.39, 0.29) is 11.1 Å². The van der Waals surface area contributed by atoms with Gasteiger partial charge in [-0.25, -0.2) is 0 Å². The molecule has 0 saturated carbocycles. The van der Waals surface area contributed by atoms with Gasteiger partial charge in [0.2, 0.25) is 0 Å². The molecule has 0 atom stereocenters. The third-order valence-corrected chi connectivity index (χ3v) is 3.09. The van der Waals surface area contributed by atoms with E-state index in [1.54, 1.807) is 0 Å². The van der Waals surface area contributed by atoms with Crippen LogP contribution in [-0.4, -0.2) is 37.4 Å². The lowest BCUT2D eigenvalue weighted by Gasteiger charge is -2.32. The highest BCUT2D eigenvalue weighted by atomic mass is 79.9. The van der Waals surface area contributed by atoms with Gasteiger partial charge < -0.3 is 9.47 Å². The van der Waals surface area contributed by atoms with E-state index in [4.69, 9.17) is 4.74 Å². The summed E-state index contributed by atoms with van der Waals surface area (Å²) in [6.07, 6.45) is 0.841. The molecule has 0 amide bonds. The Morgan fingerprint density at radius 3 is 2.43 bits per heavy atom. The summed E-state index contributed by atoms with van der Waals surface area (Å²) in [6.45, 7) is 0.877. The van der Waals surface area contributed by atoms with Gasteiger partial charge in [-0.1, -0.05) is 15.9 Å². The summed E-state index contributed by atoms with van der Waals surface area (Å²) in [6, 6.07) is 0. The summed E-state index contributed by atoms with van der Waals surface area (Å²) in [7, 11) is 1.31. The van der Waals surface area contributed by atoms with Gasteiger partial charge >= 0.3 is 5.97 Å². The molecule has 0 spiro atoms. The fourth-order valence-corrected chi connectivity index (χ4v) is 2.18. The number of ether oxygens (including phenoxy) is 2. The molecule has 0 unspecified atom stereocenters. The molecule has 1 fully saturated rings. The zero-order valence-corrected chi connectivity index (χ0v) is 9.63. The maximum atomic E-state index is 11.7. The standard InChI is InChI=1S/C9H13BrO4/c1-13-8(12)9(7(11)6-10)2-4-14-5-3-9/h2-6H2,1H3. The Balaban J connectivity index is 2.87. The number of Topliss-reactive ketones (excluding diaryl/α,β-unsaturated/α-hetero) is 1. The van der Waals surface area contributed by atoms with Crippen LogP contribution in [0.15, 0.2) is 0 Å². The average molecular weight is 265 g/mol. The molecule has 0 aromatic heterocycles. The Morgan fingerprint density at radius 1 is 1.43 bits per heavy atom. The molecule has 0 aromatic carbocycles. The first-order chi connectivity index (χ1) is 6.67. The number of alkyl halides is 1. The summed E-state index contributed by atoms with van der Waals surface area (Å²) < 4.78 is 9.82. The van der Waals surface area contributed by atoms with Crippen LogP contribution in [0.3, 0.4) is 0 Å². The van der Waals surface area contributed by atoms with Crippen LogP contribution >= 0.6 is 15.9 Å². The summed E-state index contributed by atoms with van der Waals surface area (Å²) in [4.78, 5) is 23.3. The molecule has 80 valence electrons. The number of esters is 1. The van der Waals surface area contributed by atoms with Crippen molar-refractivity contribution < 1.29 is 19.1 Å². The Hall–Kier alpha value is -0.420. The number of carbonyl (C=O) groups is 2. The van der Waals surface area contributed by atoms with Crippen LogP contribution in [0.1, 0.15) is 12.8 Å². The van der Waals surface area contributed by atoms with Crippen molar-refractivity contribution >= 4 is 27.7 Å². The van der Waals surface area contributed by atoms with E-state index >= 15 is 0 Å². The quantitative estimate of drug-likeness (QED) is 0.432. The molecule has 5 heteroatoms. The number of hydrogen-bond donors (Lipinski definition) is 0. The summed E-state index contributed by atoms with van der Waals surface area (Å²) in [5.41, 5.74) is -0.976. The molecule has 1 aliphatic heterocycles. The fraction of sp³-hybridized carbons (Fsp3) is 0.778. The molecule has 1 heterocycles. The molecule has 0 radical (unpaired) electrons. The highest BCUT2D eigenvalue weighted by Crippen LogP contribution is 2.33. The van der Waals surface area contributed by atoms with Crippen molar-refractivity contribution in [2.75, 3.05) is 25.7 Å². The molecular formula is C9H13BrO4. The van der Waals surface area contributed by atoms with Gasteiger partial charge in [0.25, 0.3) is 0 Å².